The van der Waals surface area contributed by atoms with Gasteiger partial charge in [-0.3, -0.25) is 9.69 Å². The first-order chi connectivity index (χ1) is 12.1. The van der Waals surface area contributed by atoms with Crippen LogP contribution in [0.1, 0.15) is 27.9 Å². The number of esters is 2. The summed E-state index contributed by atoms with van der Waals surface area (Å²) in [5.41, 5.74) is 2.77. The van der Waals surface area contributed by atoms with Crippen LogP contribution in [-0.4, -0.2) is 37.6 Å². The van der Waals surface area contributed by atoms with Crippen molar-refractivity contribution < 1.29 is 19.1 Å². The van der Waals surface area contributed by atoms with Crippen LogP contribution < -0.4 is 0 Å². The quantitative estimate of drug-likeness (QED) is 0.691. The van der Waals surface area contributed by atoms with Gasteiger partial charge in [0.2, 0.25) is 0 Å². The molecule has 0 heterocycles. The van der Waals surface area contributed by atoms with Gasteiger partial charge in [0.1, 0.15) is 0 Å². The van der Waals surface area contributed by atoms with Gasteiger partial charge in [-0.15, -0.1) is 0 Å². The average molecular weight is 341 g/mol. The van der Waals surface area contributed by atoms with E-state index < -0.39 is 0 Å². The summed E-state index contributed by atoms with van der Waals surface area (Å²) in [6.45, 7) is 2.00. The highest BCUT2D eigenvalue weighted by molar-refractivity contribution is 5.89. The summed E-state index contributed by atoms with van der Waals surface area (Å²) in [5.74, 6) is -0.572. The highest BCUT2D eigenvalue weighted by atomic mass is 16.5. The summed E-state index contributed by atoms with van der Waals surface area (Å²) in [6.07, 6.45) is 0.337. The van der Waals surface area contributed by atoms with E-state index in [0.29, 0.717) is 25.1 Å². The molecule has 0 radical (unpaired) electrons. The van der Waals surface area contributed by atoms with Crippen LogP contribution in [0.4, 0.5) is 0 Å². The number of carbonyl (C=O) groups is 2. The van der Waals surface area contributed by atoms with Gasteiger partial charge in [-0.1, -0.05) is 42.5 Å². The van der Waals surface area contributed by atoms with Gasteiger partial charge in [0.15, 0.2) is 0 Å². The molecule has 0 unspecified atom stereocenters. The lowest BCUT2D eigenvalue weighted by Crippen LogP contribution is -2.26. The molecule has 0 aliphatic rings. The molecule has 0 aliphatic heterocycles. The summed E-state index contributed by atoms with van der Waals surface area (Å²) in [6, 6.07) is 17.4. The van der Waals surface area contributed by atoms with Crippen molar-refractivity contribution in [3.05, 3.63) is 71.3 Å². The molecule has 0 amide bonds. The predicted molar refractivity (Wildman–Crippen MR) is 95.0 cm³/mol. The van der Waals surface area contributed by atoms with Crippen LogP contribution in [-0.2, 0) is 27.4 Å². The van der Waals surface area contributed by atoms with E-state index in [4.69, 9.17) is 9.47 Å². The van der Waals surface area contributed by atoms with Gasteiger partial charge >= 0.3 is 11.9 Å². The molecular formula is C20H23NO4. The van der Waals surface area contributed by atoms with Crippen LogP contribution in [0, 0.1) is 0 Å². The number of rotatable bonds is 8. The van der Waals surface area contributed by atoms with E-state index in [1.807, 2.05) is 30.3 Å². The molecule has 5 heteroatoms. The largest absolute Gasteiger partial charge is 0.469 e. The Kier molecular flexibility index (Phi) is 7.16. The molecule has 132 valence electrons. The first kappa shape index (κ1) is 18.7. The number of carbonyl (C=O) groups excluding carboxylic acids is 2. The molecule has 2 aromatic carbocycles. The number of benzene rings is 2. The van der Waals surface area contributed by atoms with Crippen molar-refractivity contribution >= 4 is 11.9 Å². The number of methoxy groups -OCH3 is 2. The number of ether oxygens (including phenoxy) is 2. The fourth-order valence-electron chi connectivity index (χ4n) is 2.53. The molecule has 2 rings (SSSR count). The number of hydrogen-bond donors (Lipinski definition) is 0. The zero-order valence-electron chi connectivity index (χ0n) is 14.6. The third-order valence-corrected chi connectivity index (χ3v) is 3.89. The fourth-order valence-corrected chi connectivity index (χ4v) is 2.53. The van der Waals surface area contributed by atoms with Crippen LogP contribution in [0.15, 0.2) is 54.6 Å². The molecule has 5 nitrogen and oxygen atoms in total. The lowest BCUT2D eigenvalue weighted by atomic mass is 10.1. The molecule has 0 saturated carbocycles. The average Bonchev–Trinajstić information content (AvgIpc) is 2.66. The lowest BCUT2D eigenvalue weighted by Gasteiger charge is -2.22. The van der Waals surface area contributed by atoms with E-state index in [1.165, 1.54) is 19.8 Å². The third-order valence-electron chi connectivity index (χ3n) is 3.89. The van der Waals surface area contributed by atoms with E-state index in [2.05, 4.69) is 17.0 Å². The zero-order valence-corrected chi connectivity index (χ0v) is 14.6. The van der Waals surface area contributed by atoms with Crippen LogP contribution in [0.2, 0.25) is 0 Å². The highest BCUT2D eigenvalue weighted by Gasteiger charge is 2.11. The number of nitrogens with zero attached hydrogens (tertiary/aromatic N) is 1. The maximum absolute atomic E-state index is 11.5. The first-order valence-electron chi connectivity index (χ1n) is 8.12. The maximum atomic E-state index is 11.5. The molecular weight excluding hydrogens is 318 g/mol. The molecule has 0 atom stereocenters. The van der Waals surface area contributed by atoms with Crippen molar-refractivity contribution in [1.29, 1.82) is 0 Å². The predicted octanol–water partition coefficient (Wildman–Crippen LogP) is 3.04. The molecule has 0 N–H and O–H groups in total. The van der Waals surface area contributed by atoms with Gasteiger partial charge in [-0.25, -0.2) is 4.79 Å². The van der Waals surface area contributed by atoms with Crippen molar-refractivity contribution in [3.8, 4) is 0 Å². The Labute approximate surface area is 148 Å². The second kappa shape index (κ2) is 9.59. The van der Waals surface area contributed by atoms with Crippen molar-refractivity contribution in [2.45, 2.75) is 19.5 Å². The molecule has 25 heavy (non-hydrogen) atoms. The minimum absolute atomic E-state index is 0.223. The summed E-state index contributed by atoms with van der Waals surface area (Å²) in [5, 5.41) is 0. The Morgan fingerprint density at radius 3 is 2.00 bits per heavy atom. The Morgan fingerprint density at radius 2 is 1.44 bits per heavy atom. The molecule has 0 fully saturated rings. The minimum Gasteiger partial charge on any atom is -0.469 e. The summed E-state index contributed by atoms with van der Waals surface area (Å²) in [7, 11) is 2.76. The van der Waals surface area contributed by atoms with Gasteiger partial charge < -0.3 is 9.47 Å². The van der Waals surface area contributed by atoms with Crippen LogP contribution in [0.25, 0.3) is 0 Å². The third kappa shape index (κ3) is 6.04. The molecule has 2 aromatic rings. The van der Waals surface area contributed by atoms with E-state index in [-0.39, 0.29) is 11.9 Å². The van der Waals surface area contributed by atoms with Gasteiger partial charge in [0, 0.05) is 19.6 Å². The lowest BCUT2D eigenvalue weighted by molar-refractivity contribution is -0.141. The van der Waals surface area contributed by atoms with Crippen molar-refractivity contribution in [3.63, 3.8) is 0 Å². The Balaban J connectivity index is 2.06. The second-order valence-corrected chi connectivity index (χ2v) is 5.71. The maximum Gasteiger partial charge on any atom is 0.337 e. The Morgan fingerprint density at radius 1 is 0.840 bits per heavy atom. The smallest absolute Gasteiger partial charge is 0.337 e. The molecule has 0 saturated heterocycles. The molecule has 0 aliphatic carbocycles. The van der Waals surface area contributed by atoms with Crippen molar-refractivity contribution in [2.75, 3.05) is 20.8 Å². The molecule has 0 spiro atoms. The SMILES string of the molecule is COC(=O)CCN(Cc1ccccc1)Cc1ccc(C(=O)OC)cc1. The monoisotopic (exact) mass is 341 g/mol. The van der Waals surface area contributed by atoms with Crippen LogP contribution in [0.5, 0.6) is 0 Å². The van der Waals surface area contributed by atoms with Crippen LogP contribution >= 0.6 is 0 Å². The normalized spacial score (nSPS) is 10.5. The summed E-state index contributed by atoms with van der Waals surface area (Å²) in [4.78, 5) is 25.2. The topological polar surface area (TPSA) is 55.8 Å². The number of hydrogen-bond acceptors (Lipinski definition) is 5. The summed E-state index contributed by atoms with van der Waals surface area (Å²) >= 11 is 0. The Hall–Kier alpha value is -2.66. The first-order valence-corrected chi connectivity index (χ1v) is 8.12. The van der Waals surface area contributed by atoms with Crippen LogP contribution in [0.3, 0.4) is 0 Å². The van der Waals surface area contributed by atoms with Crippen molar-refractivity contribution in [1.82, 2.24) is 4.90 Å². The standard InChI is InChI=1S/C20H23NO4/c1-24-19(22)12-13-21(14-16-6-4-3-5-7-16)15-17-8-10-18(11-9-17)20(23)25-2/h3-11H,12-15H2,1-2H3. The van der Waals surface area contributed by atoms with Gasteiger partial charge in [0.05, 0.1) is 26.2 Å². The van der Waals surface area contributed by atoms with Gasteiger partial charge in [0.25, 0.3) is 0 Å². The molecule has 0 aromatic heterocycles. The van der Waals surface area contributed by atoms with Crippen molar-refractivity contribution in [2.24, 2.45) is 0 Å². The van der Waals surface area contributed by atoms with E-state index >= 15 is 0 Å². The molecule has 0 bridgehead atoms. The Bertz CT molecular complexity index is 683. The van der Waals surface area contributed by atoms with E-state index in [1.54, 1.807) is 12.1 Å². The highest BCUT2D eigenvalue weighted by Crippen LogP contribution is 2.12. The summed E-state index contributed by atoms with van der Waals surface area (Å²) < 4.78 is 9.45. The van der Waals surface area contributed by atoms with Gasteiger partial charge in [-0.05, 0) is 23.3 Å². The van der Waals surface area contributed by atoms with Gasteiger partial charge in [-0.2, -0.15) is 0 Å². The van der Waals surface area contributed by atoms with E-state index in [9.17, 15) is 9.59 Å². The second-order valence-electron chi connectivity index (χ2n) is 5.71. The zero-order chi connectivity index (χ0) is 18.1. The fraction of sp³-hybridized carbons (Fsp3) is 0.300. The minimum atomic E-state index is -0.349. The van der Waals surface area contributed by atoms with E-state index in [0.717, 1.165) is 12.1 Å².